The molecule has 3 heteroatoms. The summed E-state index contributed by atoms with van der Waals surface area (Å²) in [5.74, 6) is 0.692. The zero-order valence-electron chi connectivity index (χ0n) is 8.45. The van der Waals surface area contributed by atoms with E-state index < -0.39 is 5.72 Å². The molecule has 0 aromatic heterocycles. The summed E-state index contributed by atoms with van der Waals surface area (Å²) in [4.78, 5) is 0. The zero-order valence-corrected chi connectivity index (χ0v) is 8.45. The van der Waals surface area contributed by atoms with Gasteiger partial charge in [-0.1, -0.05) is 25.1 Å². The van der Waals surface area contributed by atoms with Gasteiger partial charge in [-0.15, -0.1) is 0 Å². The van der Waals surface area contributed by atoms with Crippen LogP contribution in [0.1, 0.15) is 13.8 Å². The molecule has 0 saturated heterocycles. The van der Waals surface area contributed by atoms with Gasteiger partial charge < -0.3 is 4.74 Å². The van der Waals surface area contributed by atoms with E-state index in [1.54, 1.807) is 6.92 Å². The van der Waals surface area contributed by atoms with Crippen molar-refractivity contribution < 1.29 is 4.74 Å². The minimum absolute atomic E-state index is 0.691. The third-order valence-electron chi connectivity index (χ3n) is 1.79. The summed E-state index contributed by atoms with van der Waals surface area (Å²) in [6, 6.07) is 11.4. The van der Waals surface area contributed by atoms with Crippen LogP contribution in [-0.4, -0.2) is 12.3 Å². The molecule has 0 fully saturated rings. The van der Waals surface area contributed by atoms with Gasteiger partial charge in [0.1, 0.15) is 11.8 Å². The summed E-state index contributed by atoms with van der Waals surface area (Å²) < 4.78 is 5.52. The molecule has 0 amide bonds. The van der Waals surface area contributed by atoms with Gasteiger partial charge in [0.05, 0.1) is 0 Å². The summed E-state index contributed by atoms with van der Waals surface area (Å²) in [7, 11) is 0. The molecule has 1 aromatic carbocycles. The zero-order chi connectivity index (χ0) is 10.4. The van der Waals surface area contributed by atoms with E-state index in [0.29, 0.717) is 12.3 Å². The van der Waals surface area contributed by atoms with Gasteiger partial charge in [0.25, 0.3) is 0 Å². The number of nitrogens with zero attached hydrogens (tertiary/aromatic N) is 1. The van der Waals surface area contributed by atoms with Crippen LogP contribution in [0.5, 0.6) is 5.75 Å². The van der Waals surface area contributed by atoms with Gasteiger partial charge in [0.2, 0.25) is 5.72 Å². The van der Waals surface area contributed by atoms with Crippen molar-refractivity contribution in [1.82, 2.24) is 5.32 Å². The first-order valence-electron chi connectivity index (χ1n) is 4.60. The van der Waals surface area contributed by atoms with Gasteiger partial charge in [-0.05, 0) is 18.7 Å². The van der Waals surface area contributed by atoms with E-state index in [1.165, 1.54) is 0 Å². The Balaban J connectivity index is 2.72. The molecule has 3 nitrogen and oxygen atoms in total. The maximum atomic E-state index is 8.94. The van der Waals surface area contributed by atoms with Crippen molar-refractivity contribution in [2.75, 3.05) is 6.54 Å². The van der Waals surface area contributed by atoms with E-state index in [2.05, 4.69) is 11.4 Å². The summed E-state index contributed by atoms with van der Waals surface area (Å²) in [5.41, 5.74) is -0.948. The Labute approximate surface area is 84.3 Å². The number of nitrogens with one attached hydrogen (secondary N) is 1. The first kappa shape index (κ1) is 10.6. The second-order valence-electron chi connectivity index (χ2n) is 3.09. The topological polar surface area (TPSA) is 45.0 Å². The maximum Gasteiger partial charge on any atom is 0.246 e. The molecule has 0 aliphatic heterocycles. The molecule has 1 atom stereocenters. The van der Waals surface area contributed by atoms with Crippen LogP contribution in [0, 0.1) is 11.3 Å². The fourth-order valence-electron chi connectivity index (χ4n) is 1.16. The molecule has 0 aliphatic rings. The van der Waals surface area contributed by atoms with Crippen molar-refractivity contribution in [1.29, 1.82) is 5.26 Å². The standard InChI is InChI=1S/C11H14N2O/c1-3-13-11(2,9-12)14-10-7-5-4-6-8-10/h4-8,13H,3H2,1-2H3. The van der Waals surface area contributed by atoms with Gasteiger partial charge in [-0.3, -0.25) is 5.32 Å². The number of ether oxygens (including phenoxy) is 1. The maximum absolute atomic E-state index is 8.94. The van der Waals surface area contributed by atoms with Crippen molar-refractivity contribution in [3.63, 3.8) is 0 Å². The molecule has 0 bridgehead atoms. The molecule has 1 aromatic rings. The van der Waals surface area contributed by atoms with Crippen LogP contribution in [0.2, 0.25) is 0 Å². The van der Waals surface area contributed by atoms with Crippen molar-refractivity contribution in [3.05, 3.63) is 30.3 Å². The third-order valence-corrected chi connectivity index (χ3v) is 1.79. The molecule has 1 rings (SSSR count). The average molecular weight is 190 g/mol. The van der Waals surface area contributed by atoms with Crippen LogP contribution in [0.3, 0.4) is 0 Å². The van der Waals surface area contributed by atoms with Crippen molar-refractivity contribution >= 4 is 0 Å². The van der Waals surface area contributed by atoms with Crippen LogP contribution in [0.25, 0.3) is 0 Å². The van der Waals surface area contributed by atoms with E-state index in [4.69, 9.17) is 10.00 Å². The largest absolute Gasteiger partial charge is 0.460 e. The monoisotopic (exact) mass is 190 g/mol. The third kappa shape index (κ3) is 2.75. The average Bonchev–Trinajstić information content (AvgIpc) is 2.20. The molecular weight excluding hydrogens is 176 g/mol. The number of hydrogen-bond acceptors (Lipinski definition) is 3. The Hall–Kier alpha value is -1.53. The van der Waals surface area contributed by atoms with Crippen LogP contribution in [-0.2, 0) is 0 Å². The predicted molar refractivity (Wildman–Crippen MR) is 54.8 cm³/mol. The second-order valence-corrected chi connectivity index (χ2v) is 3.09. The lowest BCUT2D eigenvalue weighted by molar-refractivity contribution is 0.112. The van der Waals surface area contributed by atoms with Crippen LogP contribution in [0.15, 0.2) is 30.3 Å². The predicted octanol–water partition coefficient (Wildman–Crippen LogP) is 1.91. The quantitative estimate of drug-likeness (QED) is 0.738. The fourth-order valence-corrected chi connectivity index (χ4v) is 1.16. The van der Waals surface area contributed by atoms with Crippen LogP contribution < -0.4 is 10.1 Å². The Bertz CT molecular complexity index is 318. The lowest BCUT2D eigenvalue weighted by Crippen LogP contribution is -2.46. The van der Waals surface area contributed by atoms with E-state index in [-0.39, 0.29) is 0 Å². The second kappa shape index (κ2) is 4.64. The molecule has 0 saturated carbocycles. The van der Waals surface area contributed by atoms with E-state index in [1.807, 2.05) is 37.3 Å². The van der Waals surface area contributed by atoms with Crippen LogP contribution >= 0.6 is 0 Å². The van der Waals surface area contributed by atoms with Gasteiger partial charge in [0, 0.05) is 6.92 Å². The number of para-hydroxylation sites is 1. The molecule has 0 aliphatic carbocycles. The molecule has 14 heavy (non-hydrogen) atoms. The lowest BCUT2D eigenvalue weighted by atomic mass is 10.3. The lowest BCUT2D eigenvalue weighted by Gasteiger charge is -2.23. The van der Waals surface area contributed by atoms with Gasteiger partial charge in [-0.2, -0.15) is 5.26 Å². The Morgan fingerprint density at radius 1 is 1.43 bits per heavy atom. The minimum Gasteiger partial charge on any atom is -0.460 e. The molecule has 0 radical (unpaired) electrons. The van der Waals surface area contributed by atoms with E-state index in [0.717, 1.165) is 0 Å². The highest BCUT2D eigenvalue weighted by Gasteiger charge is 2.23. The molecule has 0 heterocycles. The van der Waals surface area contributed by atoms with Crippen molar-refractivity contribution in [3.8, 4) is 11.8 Å². The van der Waals surface area contributed by atoms with Crippen molar-refractivity contribution in [2.45, 2.75) is 19.6 Å². The Morgan fingerprint density at radius 3 is 2.57 bits per heavy atom. The highest BCUT2D eigenvalue weighted by atomic mass is 16.5. The number of benzene rings is 1. The highest BCUT2D eigenvalue weighted by Crippen LogP contribution is 2.15. The summed E-state index contributed by atoms with van der Waals surface area (Å²) in [6.07, 6.45) is 0. The molecule has 1 N–H and O–H groups in total. The Kier molecular flexibility index (Phi) is 3.49. The molecule has 0 spiro atoms. The smallest absolute Gasteiger partial charge is 0.246 e. The summed E-state index contributed by atoms with van der Waals surface area (Å²) in [6.45, 7) is 4.34. The van der Waals surface area contributed by atoms with Crippen molar-refractivity contribution in [2.24, 2.45) is 0 Å². The number of rotatable bonds is 4. The first-order valence-corrected chi connectivity index (χ1v) is 4.60. The van der Waals surface area contributed by atoms with E-state index >= 15 is 0 Å². The van der Waals surface area contributed by atoms with E-state index in [9.17, 15) is 0 Å². The number of hydrogen-bond donors (Lipinski definition) is 1. The summed E-state index contributed by atoms with van der Waals surface area (Å²) in [5, 5.41) is 11.9. The molecule has 74 valence electrons. The van der Waals surface area contributed by atoms with Crippen LogP contribution in [0.4, 0.5) is 0 Å². The highest BCUT2D eigenvalue weighted by molar-refractivity contribution is 5.23. The molecule has 1 unspecified atom stereocenters. The normalized spacial score (nSPS) is 14.1. The fraction of sp³-hybridized carbons (Fsp3) is 0.364. The molecular formula is C11H14N2O. The minimum atomic E-state index is -0.948. The van der Waals surface area contributed by atoms with Gasteiger partial charge in [0.15, 0.2) is 0 Å². The van der Waals surface area contributed by atoms with Gasteiger partial charge in [-0.25, -0.2) is 0 Å². The SMILES string of the molecule is CCNC(C)(C#N)Oc1ccccc1. The number of nitriles is 1. The summed E-state index contributed by atoms with van der Waals surface area (Å²) >= 11 is 0. The van der Waals surface area contributed by atoms with Gasteiger partial charge >= 0.3 is 0 Å². The first-order chi connectivity index (χ1) is 6.70. The Morgan fingerprint density at radius 2 is 2.07 bits per heavy atom.